The van der Waals surface area contributed by atoms with E-state index in [0.29, 0.717) is 16.8 Å². The Labute approximate surface area is 257 Å². The van der Waals surface area contributed by atoms with E-state index >= 15 is 0 Å². The zero-order valence-corrected chi connectivity index (χ0v) is 24.7. The van der Waals surface area contributed by atoms with Crippen LogP contribution in [-0.4, -0.2) is 47.0 Å². The number of carbonyl (C=O) groups excluding carboxylic acids is 4. The van der Waals surface area contributed by atoms with Crippen molar-refractivity contribution in [3.63, 3.8) is 0 Å². The van der Waals surface area contributed by atoms with Gasteiger partial charge >= 0.3 is 0 Å². The summed E-state index contributed by atoms with van der Waals surface area (Å²) in [5.74, 6) is -1.40. The Balaban J connectivity index is 1.32. The van der Waals surface area contributed by atoms with Crippen LogP contribution in [0.5, 0.6) is 0 Å². The number of anilines is 1. The Morgan fingerprint density at radius 1 is 0.909 bits per heavy atom. The topological polar surface area (TPSA) is 145 Å². The predicted molar refractivity (Wildman–Crippen MR) is 167 cm³/mol. The van der Waals surface area contributed by atoms with Gasteiger partial charge in [-0.1, -0.05) is 54.6 Å². The molecule has 0 spiro atoms. The molecule has 2 aliphatic rings. The Morgan fingerprint density at radius 3 is 2.30 bits per heavy atom. The lowest BCUT2D eigenvalue weighted by Gasteiger charge is -2.36. The maximum atomic E-state index is 13.8. The third-order valence-electron chi connectivity index (χ3n) is 8.48. The molecule has 5 rings (SSSR count). The van der Waals surface area contributed by atoms with Crippen LogP contribution in [0.2, 0.25) is 0 Å². The number of hydrogen-bond acceptors (Lipinski definition) is 6. The molecule has 9 nitrogen and oxygen atoms in total. The number of rotatable bonds is 10. The third-order valence-corrected chi connectivity index (χ3v) is 8.48. The SMILES string of the molecule is N#Cc1cc2c(cc1NC(=O)[C@H](CCN)NC(=O)[C@@H]1Cc3ccccc3CN1C(=O)CCC(=O)c1ccccc1)CCCC2. The van der Waals surface area contributed by atoms with Crippen molar-refractivity contribution in [2.75, 3.05) is 11.9 Å². The van der Waals surface area contributed by atoms with Gasteiger partial charge in [-0.25, -0.2) is 0 Å². The molecular formula is C35H37N5O4. The standard InChI is InChI=1S/C35H37N5O4/c36-17-16-29(34(43)39-30-19-25-11-5-4-10-24(25)18-28(30)21-37)38-35(44)31-20-26-12-6-7-13-27(26)22-40(31)33(42)15-14-32(41)23-8-2-1-3-9-23/h1-3,6-9,12-13,18-19,29,31H,4-5,10-11,14-17,20,22,36H2,(H,38,44)(H,39,43)/t29-,31-/m0/s1. The van der Waals surface area contributed by atoms with Crippen LogP contribution in [0.3, 0.4) is 0 Å². The van der Waals surface area contributed by atoms with Gasteiger partial charge < -0.3 is 21.3 Å². The van der Waals surface area contributed by atoms with Gasteiger partial charge in [0.1, 0.15) is 18.2 Å². The second kappa shape index (κ2) is 14.1. The number of hydrogen-bond donors (Lipinski definition) is 3. The molecule has 2 atom stereocenters. The lowest BCUT2D eigenvalue weighted by Crippen LogP contribution is -2.56. The first-order valence-electron chi connectivity index (χ1n) is 15.2. The number of nitriles is 1. The normalized spacial score (nSPS) is 16.1. The Bertz CT molecular complexity index is 1600. The van der Waals surface area contributed by atoms with E-state index in [1.807, 2.05) is 42.5 Å². The van der Waals surface area contributed by atoms with E-state index in [-0.39, 0.29) is 50.5 Å². The molecule has 226 valence electrons. The highest BCUT2D eigenvalue weighted by Gasteiger charge is 2.36. The summed E-state index contributed by atoms with van der Waals surface area (Å²) < 4.78 is 0. The van der Waals surface area contributed by atoms with Crippen LogP contribution in [0.1, 0.15) is 70.3 Å². The van der Waals surface area contributed by atoms with E-state index in [2.05, 4.69) is 16.7 Å². The molecule has 9 heteroatoms. The molecule has 0 unspecified atom stereocenters. The van der Waals surface area contributed by atoms with Crippen molar-refractivity contribution < 1.29 is 19.2 Å². The minimum Gasteiger partial charge on any atom is -0.342 e. The number of fused-ring (bicyclic) bond motifs is 2. The summed E-state index contributed by atoms with van der Waals surface area (Å²) in [6.45, 7) is 0.367. The minimum atomic E-state index is -0.969. The second-order valence-corrected chi connectivity index (χ2v) is 11.4. The predicted octanol–water partition coefficient (Wildman–Crippen LogP) is 3.83. The first-order valence-corrected chi connectivity index (χ1v) is 15.2. The van der Waals surface area contributed by atoms with Gasteiger partial charge in [0, 0.05) is 31.4 Å². The Morgan fingerprint density at radius 2 is 1.59 bits per heavy atom. The van der Waals surface area contributed by atoms with Crippen molar-refractivity contribution in [2.24, 2.45) is 5.73 Å². The van der Waals surface area contributed by atoms with Crippen LogP contribution in [0, 0.1) is 11.3 Å². The van der Waals surface area contributed by atoms with Crippen LogP contribution >= 0.6 is 0 Å². The van der Waals surface area contributed by atoms with Crippen molar-refractivity contribution >= 4 is 29.2 Å². The molecule has 0 aromatic heterocycles. The summed E-state index contributed by atoms with van der Waals surface area (Å²) >= 11 is 0. The number of Topliss-reactive ketones (excluding diaryl/α,β-unsaturated/α-hetero) is 1. The highest BCUT2D eigenvalue weighted by atomic mass is 16.2. The Hall–Kier alpha value is -4.81. The quantitative estimate of drug-likeness (QED) is 0.306. The highest BCUT2D eigenvalue weighted by molar-refractivity contribution is 6.00. The van der Waals surface area contributed by atoms with Crippen molar-refractivity contribution in [2.45, 2.75) is 70.0 Å². The fraction of sp³-hybridized carbons (Fsp3) is 0.343. The summed E-state index contributed by atoms with van der Waals surface area (Å²) in [5, 5.41) is 15.4. The van der Waals surface area contributed by atoms with Gasteiger partial charge in [0.05, 0.1) is 11.3 Å². The van der Waals surface area contributed by atoms with E-state index < -0.39 is 23.9 Å². The number of carbonyl (C=O) groups is 4. The van der Waals surface area contributed by atoms with Gasteiger partial charge in [-0.2, -0.15) is 5.26 Å². The fourth-order valence-corrected chi connectivity index (χ4v) is 6.06. The van der Waals surface area contributed by atoms with Crippen LogP contribution in [-0.2, 0) is 40.2 Å². The molecule has 3 aromatic carbocycles. The number of nitrogens with zero attached hydrogens (tertiary/aromatic N) is 2. The second-order valence-electron chi connectivity index (χ2n) is 11.4. The van der Waals surface area contributed by atoms with Crippen LogP contribution in [0.25, 0.3) is 0 Å². The molecule has 0 radical (unpaired) electrons. The molecule has 1 aliphatic heterocycles. The van der Waals surface area contributed by atoms with Crippen molar-refractivity contribution in [1.82, 2.24) is 10.2 Å². The summed E-state index contributed by atoms with van der Waals surface area (Å²) in [6.07, 6.45) is 4.35. The largest absolute Gasteiger partial charge is 0.342 e. The molecule has 0 fully saturated rings. The molecule has 1 aliphatic carbocycles. The summed E-state index contributed by atoms with van der Waals surface area (Å²) in [6, 6.07) is 20.5. The molecule has 1 heterocycles. The number of ketones is 1. The summed E-state index contributed by atoms with van der Waals surface area (Å²) in [4.78, 5) is 55.0. The van der Waals surface area contributed by atoms with Gasteiger partial charge in [-0.15, -0.1) is 0 Å². The maximum absolute atomic E-state index is 13.8. The highest BCUT2D eigenvalue weighted by Crippen LogP contribution is 2.28. The van der Waals surface area contributed by atoms with Crippen LogP contribution < -0.4 is 16.4 Å². The molecule has 3 aromatic rings. The molecule has 4 N–H and O–H groups in total. The average Bonchev–Trinajstić information content (AvgIpc) is 3.06. The van der Waals surface area contributed by atoms with E-state index in [0.717, 1.165) is 47.9 Å². The monoisotopic (exact) mass is 591 g/mol. The summed E-state index contributed by atoms with van der Waals surface area (Å²) in [5.41, 5.74) is 11.3. The molecule has 0 saturated heterocycles. The number of amides is 3. The number of nitrogens with two attached hydrogens (primary N) is 1. The van der Waals surface area contributed by atoms with Crippen molar-refractivity contribution in [3.8, 4) is 6.07 Å². The van der Waals surface area contributed by atoms with E-state index in [1.165, 1.54) is 4.90 Å². The number of nitrogens with one attached hydrogen (secondary N) is 2. The zero-order chi connectivity index (χ0) is 31.1. The number of benzene rings is 3. The maximum Gasteiger partial charge on any atom is 0.247 e. The fourth-order valence-electron chi connectivity index (χ4n) is 6.06. The first-order chi connectivity index (χ1) is 21.4. The molecular weight excluding hydrogens is 554 g/mol. The zero-order valence-electron chi connectivity index (χ0n) is 24.7. The van der Waals surface area contributed by atoms with Crippen molar-refractivity contribution in [3.05, 3.63) is 100 Å². The van der Waals surface area contributed by atoms with Gasteiger partial charge in [-0.3, -0.25) is 19.2 Å². The number of aryl methyl sites for hydroxylation is 2. The van der Waals surface area contributed by atoms with Crippen LogP contribution in [0.4, 0.5) is 5.69 Å². The van der Waals surface area contributed by atoms with Crippen LogP contribution in [0.15, 0.2) is 66.7 Å². The van der Waals surface area contributed by atoms with E-state index in [1.54, 1.807) is 24.3 Å². The molecule has 44 heavy (non-hydrogen) atoms. The van der Waals surface area contributed by atoms with E-state index in [9.17, 15) is 24.4 Å². The lowest BCUT2D eigenvalue weighted by atomic mass is 9.89. The van der Waals surface area contributed by atoms with Crippen molar-refractivity contribution in [1.29, 1.82) is 5.26 Å². The molecule has 0 saturated carbocycles. The molecule has 3 amide bonds. The van der Waals surface area contributed by atoms with Gasteiger partial charge in [-0.05, 0) is 73.0 Å². The average molecular weight is 592 g/mol. The lowest BCUT2D eigenvalue weighted by molar-refractivity contribution is -0.142. The third kappa shape index (κ3) is 7.04. The first kappa shape index (κ1) is 30.6. The van der Waals surface area contributed by atoms with Gasteiger partial charge in [0.25, 0.3) is 0 Å². The van der Waals surface area contributed by atoms with Gasteiger partial charge in [0.15, 0.2) is 5.78 Å². The summed E-state index contributed by atoms with van der Waals surface area (Å²) in [7, 11) is 0. The smallest absolute Gasteiger partial charge is 0.247 e. The van der Waals surface area contributed by atoms with E-state index in [4.69, 9.17) is 5.73 Å². The molecule has 0 bridgehead atoms. The Kier molecular flexibility index (Phi) is 9.82. The minimum absolute atomic E-state index is 0.0234. The van der Waals surface area contributed by atoms with Gasteiger partial charge in [0.2, 0.25) is 17.7 Å².